The Morgan fingerprint density at radius 3 is 2.36 bits per heavy atom. The fourth-order valence-electron chi connectivity index (χ4n) is 3.33. The molecule has 0 saturated carbocycles. The standard InChI is InChI=1S/C22H28N2O4/c25-21(23-13-15-27-19-8-3-1-4-9-19)16-24-14-7-12-22(26,17-24)18-28-20-10-5-2-6-11-20/h1-6,8-11,26H,7,12-18H2,(H,23,25). The zero-order chi connectivity index (χ0) is 19.7. The zero-order valence-corrected chi connectivity index (χ0v) is 16.0. The molecule has 0 radical (unpaired) electrons. The number of nitrogens with one attached hydrogen (secondary N) is 1. The topological polar surface area (TPSA) is 71.0 Å². The van der Waals surface area contributed by atoms with Crippen molar-refractivity contribution in [3.05, 3.63) is 60.7 Å². The van der Waals surface area contributed by atoms with Crippen molar-refractivity contribution in [3.8, 4) is 11.5 Å². The molecule has 0 aliphatic carbocycles. The van der Waals surface area contributed by atoms with E-state index in [1.807, 2.05) is 65.6 Å². The molecular formula is C22H28N2O4. The maximum absolute atomic E-state index is 12.2. The summed E-state index contributed by atoms with van der Waals surface area (Å²) in [4.78, 5) is 14.2. The lowest BCUT2D eigenvalue weighted by molar-refractivity contribution is -0.124. The van der Waals surface area contributed by atoms with E-state index in [0.717, 1.165) is 24.5 Å². The third-order valence-corrected chi connectivity index (χ3v) is 4.69. The number of hydrogen-bond donors (Lipinski definition) is 2. The average molecular weight is 384 g/mol. The predicted molar refractivity (Wildman–Crippen MR) is 108 cm³/mol. The van der Waals surface area contributed by atoms with Crippen LogP contribution in [-0.2, 0) is 4.79 Å². The quantitative estimate of drug-likeness (QED) is 0.648. The number of nitrogens with zero attached hydrogens (tertiary/aromatic N) is 1. The number of piperidine rings is 1. The summed E-state index contributed by atoms with van der Waals surface area (Å²) in [5.74, 6) is 1.46. The monoisotopic (exact) mass is 384 g/mol. The number of β-amino-alcohol motifs (C(OH)–C–C–N with tert-alkyl or cyclic N) is 1. The molecule has 1 unspecified atom stereocenters. The van der Waals surface area contributed by atoms with Crippen LogP contribution in [0.15, 0.2) is 60.7 Å². The molecule has 1 heterocycles. The zero-order valence-electron chi connectivity index (χ0n) is 16.0. The summed E-state index contributed by atoms with van der Waals surface area (Å²) in [6.07, 6.45) is 1.50. The third kappa shape index (κ3) is 6.55. The first-order valence-corrected chi connectivity index (χ1v) is 9.70. The minimum atomic E-state index is -0.940. The second kappa shape index (κ2) is 10.1. The Kier molecular flexibility index (Phi) is 7.28. The van der Waals surface area contributed by atoms with Gasteiger partial charge in [-0.3, -0.25) is 9.69 Å². The maximum Gasteiger partial charge on any atom is 0.234 e. The Balaban J connectivity index is 1.37. The van der Waals surface area contributed by atoms with Gasteiger partial charge in [0.25, 0.3) is 0 Å². The van der Waals surface area contributed by atoms with E-state index < -0.39 is 5.60 Å². The van der Waals surface area contributed by atoms with Gasteiger partial charge in [0.05, 0.1) is 13.1 Å². The van der Waals surface area contributed by atoms with Crippen molar-refractivity contribution in [2.45, 2.75) is 18.4 Å². The van der Waals surface area contributed by atoms with Gasteiger partial charge >= 0.3 is 0 Å². The summed E-state index contributed by atoms with van der Waals surface area (Å²) in [7, 11) is 0. The minimum absolute atomic E-state index is 0.0649. The number of para-hydroxylation sites is 2. The van der Waals surface area contributed by atoms with E-state index in [9.17, 15) is 9.90 Å². The Morgan fingerprint density at radius 1 is 1.04 bits per heavy atom. The molecule has 3 rings (SSSR count). The summed E-state index contributed by atoms with van der Waals surface area (Å²) in [5, 5.41) is 13.7. The van der Waals surface area contributed by atoms with Gasteiger partial charge in [-0.05, 0) is 43.7 Å². The summed E-state index contributed by atoms with van der Waals surface area (Å²) >= 11 is 0. The first-order chi connectivity index (χ1) is 13.6. The van der Waals surface area contributed by atoms with Crippen LogP contribution in [0.25, 0.3) is 0 Å². The molecule has 0 spiro atoms. The van der Waals surface area contributed by atoms with Crippen LogP contribution in [0.5, 0.6) is 11.5 Å². The molecule has 1 amide bonds. The van der Waals surface area contributed by atoms with Crippen molar-refractivity contribution in [2.24, 2.45) is 0 Å². The van der Waals surface area contributed by atoms with Crippen LogP contribution < -0.4 is 14.8 Å². The highest BCUT2D eigenvalue weighted by Gasteiger charge is 2.34. The number of carbonyl (C=O) groups excluding carboxylic acids is 1. The SMILES string of the molecule is O=C(CN1CCCC(O)(COc2ccccc2)C1)NCCOc1ccccc1. The Labute approximate surface area is 166 Å². The van der Waals surface area contributed by atoms with Crippen LogP contribution in [0.2, 0.25) is 0 Å². The van der Waals surface area contributed by atoms with Gasteiger partial charge in [0.1, 0.15) is 30.3 Å². The van der Waals surface area contributed by atoms with Gasteiger partial charge in [0.15, 0.2) is 0 Å². The molecule has 0 bridgehead atoms. The number of hydrogen-bond acceptors (Lipinski definition) is 5. The molecule has 1 aliphatic heterocycles. The first-order valence-electron chi connectivity index (χ1n) is 9.70. The first kappa shape index (κ1) is 20.2. The molecule has 150 valence electrons. The molecule has 1 saturated heterocycles. The lowest BCUT2D eigenvalue weighted by atomic mass is 9.93. The number of ether oxygens (including phenoxy) is 2. The van der Waals surface area contributed by atoms with Crippen molar-refractivity contribution in [3.63, 3.8) is 0 Å². The van der Waals surface area contributed by atoms with E-state index in [1.54, 1.807) is 0 Å². The molecule has 2 N–H and O–H groups in total. The van der Waals surface area contributed by atoms with Crippen LogP contribution in [0, 0.1) is 0 Å². The van der Waals surface area contributed by atoms with Gasteiger partial charge in [-0.1, -0.05) is 36.4 Å². The molecule has 0 aromatic heterocycles. The van der Waals surface area contributed by atoms with Gasteiger partial charge in [-0.2, -0.15) is 0 Å². The van der Waals surface area contributed by atoms with E-state index in [0.29, 0.717) is 26.1 Å². The molecular weight excluding hydrogens is 356 g/mol. The second-order valence-corrected chi connectivity index (χ2v) is 7.15. The Bertz CT molecular complexity index is 726. The van der Waals surface area contributed by atoms with Gasteiger partial charge in [0.2, 0.25) is 5.91 Å². The molecule has 6 nitrogen and oxygen atoms in total. The molecule has 1 atom stereocenters. The number of amides is 1. The fourth-order valence-corrected chi connectivity index (χ4v) is 3.33. The summed E-state index contributed by atoms with van der Waals surface area (Å²) < 4.78 is 11.3. The number of rotatable bonds is 9. The van der Waals surface area contributed by atoms with Crippen molar-refractivity contribution in [1.82, 2.24) is 10.2 Å². The molecule has 6 heteroatoms. The van der Waals surface area contributed by atoms with E-state index >= 15 is 0 Å². The van der Waals surface area contributed by atoms with Crippen LogP contribution in [0.4, 0.5) is 0 Å². The number of aliphatic hydroxyl groups is 1. The van der Waals surface area contributed by atoms with E-state index in [1.165, 1.54) is 0 Å². The maximum atomic E-state index is 12.2. The molecule has 2 aromatic carbocycles. The minimum Gasteiger partial charge on any atom is -0.492 e. The van der Waals surface area contributed by atoms with E-state index in [4.69, 9.17) is 9.47 Å². The third-order valence-electron chi connectivity index (χ3n) is 4.69. The van der Waals surface area contributed by atoms with Crippen molar-refractivity contribution in [1.29, 1.82) is 0 Å². The molecule has 28 heavy (non-hydrogen) atoms. The van der Waals surface area contributed by atoms with Crippen LogP contribution in [0.3, 0.4) is 0 Å². The smallest absolute Gasteiger partial charge is 0.234 e. The summed E-state index contributed by atoms with van der Waals surface area (Å²) in [6, 6.07) is 19.0. The Morgan fingerprint density at radius 2 is 1.68 bits per heavy atom. The van der Waals surface area contributed by atoms with Crippen molar-refractivity contribution in [2.75, 3.05) is 39.4 Å². The molecule has 1 aliphatic rings. The lowest BCUT2D eigenvalue weighted by Gasteiger charge is -2.38. The fraction of sp³-hybridized carbons (Fsp3) is 0.409. The summed E-state index contributed by atoms with van der Waals surface area (Å²) in [5.41, 5.74) is -0.940. The van der Waals surface area contributed by atoms with E-state index in [2.05, 4.69) is 5.32 Å². The molecule has 1 fully saturated rings. The number of carbonyl (C=O) groups is 1. The van der Waals surface area contributed by atoms with Crippen LogP contribution in [-0.4, -0.2) is 60.9 Å². The van der Waals surface area contributed by atoms with Crippen molar-refractivity contribution < 1.29 is 19.4 Å². The highest BCUT2D eigenvalue weighted by atomic mass is 16.5. The Hall–Kier alpha value is -2.57. The van der Waals surface area contributed by atoms with Gasteiger partial charge in [0, 0.05) is 6.54 Å². The molecule has 2 aromatic rings. The van der Waals surface area contributed by atoms with Crippen molar-refractivity contribution >= 4 is 5.91 Å². The highest BCUT2D eigenvalue weighted by Crippen LogP contribution is 2.22. The largest absolute Gasteiger partial charge is 0.492 e. The number of benzene rings is 2. The van der Waals surface area contributed by atoms with Crippen LogP contribution in [0.1, 0.15) is 12.8 Å². The second-order valence-electron chi connectivity index (χ2n) is 7.15. The predicted octanol–water partition coefficient (Wildman–Crippen LogP) is 2.09. The summed E-state index contributed by atoms with van der Waals surface area (Å²) in [6.45, 7) is 2.57. The van der Waals surface area contributed by atoms with Gasteiger partial charge in [-0.25, -0.2) is 0 Å². The average Bonchev–Trinajstić information content (AvgIpc) is 2.71. The lowest BCUT2D eigenvalue weighted by Crippen LogP contribution is -2.53. The van der Waals surface area contributed by atoms with E-state index in [-0.39, 0.29) is 19.1 Å². The van der Waals surface area contributed by atoms with Crippen LogP contribution >= 0.6 is 0 Å². The normalized spacial score (nSPS) is 19.8. The van der Waals surface area contributed by atoms with Gasteiger partial charge in [-0.15, -0.1) is 0 Å². The number of likely N-dealkylation sites (tertiary alicyclic amines) is 1. The van der Waals surface area contributed by atoms with Gasteiger partial charge < -0.3 is 19.9 Å². The highest BCUT2D eigenvalue weighted by molar-refractivity contribution is 5.78.